The van der Waals surface area contributed by atoms with Gasteiger partial charge in [-0.25, -0.2) is 8.42 Å². The number of piperidine rings is 1. The zero-order valence-electron chi connectivity index (χ0n) is 20.5. The molecule has 36 heavy (non-hydrogen) atoms. The Kier molecular flexibility index (Phi) is 7.04. The summed E-state index contributed by atoms with van der Waals surface area (Å²) in [4.78, 5) is 28.8. The zero-order valence-corrected chi connectivity index (χ0v) is 21.3. The first-order valence-corrected chi connectivity index (χ1v) is 14.1. The van der Waals surface area contributed by atoms with Crippen LogP contribution in [0.15, 0.2) is 46.7 Å². The molecule has 10 heteroatoms. The van der Waals surface area contributed by atoms with Gasteiger partial charge in [-0.2, -0.15) is 4.31 Å². The molecule has 3 fully saturated rings. The van der Waals surface area contributed by atoms with E-state index in [1.807, 2.05) is 0 Å². The molecule has 1 aromatic heterocycles. The van der Waals surface area contributed by atoms with Crippen LogP contribution in [0.3, 0.4) is 0 Å². The molecule has 194 valence electrons. The van der Waals surface area contributed by atoms with Crippen molar-refractivity contribution in [3.63, 3.8) is 0 Å². The molecule has 0 bridgehead atoms. The summed E-state index contributed by atoms with van der Waals surface area (Å²) in [6.45, 7) is 7.05. The highest BCUT2D eigenvalue weighted by Gasteiger charge is 2.41. The van der Waals surface area contributed by atoms with Gasteiger partial charge in [0.1, 0.15) is 5.56 Å². The average Bonchev–Trinajstić information content (AvgIpc) is 3.15. The van der Waals surface area contributed by atoms with Crippen molar-refractivity contribution in [3.05, 3.63) is 52.8 Å². The first-order chi connectivity index (χ1) is 17.3. The molecule has 1 amide bonds. The number of carbonyl (C=O) groups excluding carboxylic acids is 1. The van der Waals surface area contributed by atoms with Gasteiger partial charge in [-0.15, -0.1) is 6.58 Å². The van der Waals surface area contributed by atoms with Gasteiger partial charge in [0.05, 0.1) is 23.6 Å². The minimum absolute atomic E-state index is 0.0258. The molecule has 0 radical (unpaired) electrons. The van der Waals surface area contributed by atoms with E-state index in [1.54, 1.807) is 33.9 Å². The lowest BCUT2D eigenvalue weighted by Gasteiger charge is -2.37. The van der Waals surface area contributed by atoms with Crippen LogP contribution in [0, 0.1) is 0 Å². The van der Waals surface area contributed by atoms with Crippen LogP contribution >= 0.6 is 0 Å². The van der Waals surface area contributed by atoms with E-state index in [-0.39, 0.29) is 21.8 Å². The van der Waals surface area contributed by atoms with Crippen molar-refractivity contribution in [1.29, 1.82) is 0 Å². The number of rotatable bonds is 5. The minimum Gasteiger partial charge on any atom is -0.347 e. The molecule has 2 aromatic rings. The van der Waals surface area contributed by atoms with Gasteiger partial charge in [0, 0.05) is 57.1 Å². The van der Waals surface area contributed by atoms with Crippen molar-refractivity contribution < 1.29 is 22.7 Å². The van der Waals surface area contributed by atoms with Crippen LogP contribution in [0.5, 0.6) is 0 Å². The Labute approximate surface area is 211 Å². The number of sulfonamides is 1. The van der Waals surface area contributed by atoms with Crippen LogP contribution in [0.4, 0.5) is 0 Å². The van der Waals surface area contributed by atoms with E-state index in [4.69, 9.17) is 9.47 Å². The highest BCUT2D eigenvalue weighted by Crippen LogP contribution is 2.32. The second kappa shape index (κ2) is 10.1. The van der Waals surface area contributed by atoms with Gasteiger partial charge < -0.3 is 18.9 Å². The summed E-state index contributed by atoms with van der Waals surface area (Å²) in [7, 11) is -3.74. The van der Waals surface area contributed by atoms with E-state index in [0.29, 0.717) is 64.3 Å². The minimum atomic E-state index is -3.74. The standard InChI is InChI=1S/C26H33N3O6S/c1-2-11-28-19-22(25(31)27-14-9-26(10-15-27)34-16-17-35-26)24(30)21-18-20(7-8-23(21)28)36(32,33)29-12-5-3-4-6-13-29/h2,7-8,18-19H,1,3-6,9-17H2. The second-order valence-electron chi connectivity index (χ2n) is 9.71. The number of ether oxygens (including phenoxy) is 2. The van der Waals surface area contributed by atoms with Crippen LogP contribution < -0.4 is 5.43 Å². The van der Waals surface area contributed by atoms with Gasteiger partial charge in [0.2, 0.25) is 15.5 Å². The Bertz CT molecular complexity index is 1310. The number of amides is 1. The molecule has 0 N–H and O–H groups in total. The molecule has 1 aromatic carbocycles. The molecule has 3 aliphatic heterocycles. The van der Waals surface area contributed by atoms with E-state index in [1.165, 1.54) is 10.4 Å². The summed E-state index contributed by atoms with van der Waals surface area (Å²) >= 11 is 0. The lowest BCUT2D eigenvalue weighted by molar-refractivity contribution is -0.181. The van der Waals surface area contributed by atoms with Crippen molar-refractivity contribution >= 4 is 26.8 Å². The van der Waals surface area contributed by atoms with Crippen LogP contribution in [-0.2, 0) is 26.0 Å². The number of hydrogen-bond donors (Lipinski definition) is 0. The Morgan fingerprint density at radius 2 is 1.69 bits per heavy atom. The predicted molar refractivity (Wildman–Crippen MR) is 135 cm³/mol. The van der Waals surface area contributed by atoms with E-state index in [9.17, 15) is 18.0 Å². The first-order valence-electron chi connectivity index (χ1n) is 12.7. The highest BCUT2D eigenvalue weighted by atomic mass is 32.2. The van der Waals surface area contributed by atoms with Crippen molar-refractivity contribution in [2.24, 2.45) is 0 Å². The largest absolute Gasteiger partial charge is 0.347 e. The molecule has 3 aliphatic rings. The Balaban J connectivity index is 1.51. The van der Waals surface area contributed by atoms with Gasteiger partial charge in [-0.3, -0.25) is 9.59 Å². The van der Waals surface area contributed by atoms with Gasteiger partial charge in [0.25, 0.3) is 5.91 Å². The smallest absolute Gasteiger partial charge is 0.259 e. The number of pyridine rings is 1. The normalized spacial score (nSPS) is 21.1. The number of fused-ring (bicyclic) bond motifs is 1. The fourth-order valence-corrected chi connectivity index (χ4v) is 6.96. The number of carbonyl (C=O) groups is 1. The molecule has 0 unspecified atom stereocenters. The first kappa shape index (κ1) is 25.1. The van der Waals surface area contributed by atoms with E-state index >= 15 is 0 Å². The third-order valence-electron chi connectivity index (χ3n) is 7.44. The maximum Gasteiger partial charge on any atom is 0.259 e. The Hall–Kier alpha value is -2.53. The van der Waals surface area contributed by atoms with Crippen molar-refractivity contribution in [2.75, 3.05) is 39.4 Å². The monoisotopic (exact) mass is 515 g/mol. The van der Waals surface area contributed by atoms with Gasteiger partial charge in [-0.1, -0.05) is 18.9 Å². The maximum absolute atomic E-state index is 13.6. The Morgan fingerprint density at radius 3 is 2.33 bits per heavy atom. The molecule has 0 atom stereocenters. The molecule has 4 heterocycles. The fraction of sp³-hybridized carbons (Fsp3) is 0.538. The molecule has 3 saturated heterocycles. The van der Waals surface area contributed by atoms with Gasteiger partial charge in [0.15, 0.2) is 5.79 Å². The van der Waals surface area contributed by atoms with Crippen molar-refractivity contribution in [1.82, 2.24) is 13.8 Å². The number of nitrogens with zero attached hydrogens (tertiary/aromatic N) is 3. The SMILES string of the molecule is C=CCn1cc(C(=O)N2CCC3(CC2)OCCO3)c(=O)c2cc(S(=O)(=O)N3CCCCCC3)ccc21. The number of likely N-dealkylation sites (tertiary alicyclic amines) is 1. The number of hydrogen-bond acceptors (Lipinski definition) is 6. The lowest BCUT2D eigenvalue weighted by atomic mass is 10.0. The van der Waals surface area contributed by atoms with Crippen LogP contribution in [0.25, 0.3) is 10.9 Å². The highest BCUT2D eigenvalue weighted by molar-refractivity contribution is 7.89. The molecule has 5 rings (SSSR count). The maximum atomic E-state index is 13.6. The number of benzene rings is 1. The van der Waals surface area contributed by atoms with E-state index in [2.05, 4.69) is 6.58 Å². The zero-order chi connectivity index (χ0) is 25.3. The summed E-state index contributed by atoms with van der Waals surface area (Å²) in [5, 5.41) is 0.217. The third kappa shape index (κ3) is 4.63. The number of allylic oxidation sites excluding steroid dienone is 1. The van der Waals surface area contributed by atoms with Crippen LogP contribution in [0.1, 0.15) is 48.9 Å². The summed E-state index contributed by atoms with van der Waals surface area (Å²) < 4.78 is 41.6. The summed E-state index contributed by atoms with van der Waals surface area (Å²) in [6.07, 6.45) is 8.01. The number of aromatic nitrogens is 1. The third-order valence-corrected chi connectivity index (χ3v) is 9.33. The van der Waals surface area contributed by atoms with Gasteiger partial charge >= 0.3 is 0 Å². The van der Waals surface area contributed by atoms with E-state index < -0.39 is 21.2 Å². The predicted octanol–water partition coefficient (Wildman–Crippen LogP) is 2.73. The fourth-order valence-electron chi connectivity index (χ4n) is 5.42. The average molecular weight is 516 g/mol. The molecular weight excluding hydrogens is 482 g/mol. The summed E-state index contributed by atoms with van der Waals surface area (Å²) in [5.41, 5.74) is 0.131. The lowest BCUT2D eigenvalue weighted by Crippen LogP contribution is -2.48. The summed E-state index contributed by atoms with van der Waals surface area (Å²) in [6, 6.07) is 4.63. The quantitative estimate of drug-likeness (QED) is 0.568. The summed E-state index contributed by atoms with van der Waals surface area (Å²) in [5.74, 6) is -0.992. The van der Waals surface area contributed by atoms with Gasteiger partial charge in [-0.05, 0) is 31.0 Å². The molecule has 9 nitrogen and oxygen atoms in total. The molecular formula is C26H33N3O6S. The molecule has 0 saturated carbocycles. The topological polar surface area (TPSA) is 98.1 Å². The van der Waals surface area contributed by atoms with Crippen LogP contribution in [0.2, 0.25) is 0 Å². The van der Waals surface area contributed by atoms with E-state index in [0.717, 1.165) is 25.7 Å². The Morgan fingerprint density at radius 1 is 1.03 bits per heavy atom. The van der Waals surface area contributed by atoms with Crippen molar-refractivity contribution in [3.8, 4) is 0 Å². The van der Waals surface area contributed by atoms with Crippen molar-refractivity contribution in [2.45, 2.75) is 55.8 Å². The molecule has 1 spiro atoms. The van der Waals surface area contributed by atoms with Crippen LogP contribution in [-0.4, -0.2) is 73.3 Å². The molecule has 0 aliphatic carbocycles. The second-order valence-corrected chi connectivity index (χ2v) is 11.6.